The SMILES string of the molecule is CCN(CC)CCCNCCCSCc1ccccc1. The topological polar surface area (TPSA) is 15.3 Å². The van der Waals surface area contributed by atoms with Gasteiger partial charge in [-0.3, -0.25) is 0 Å². The van der Waals surface area contributed by atoms with Crippen molar-refractivity contribution in [3.05, 3.63) is 35.9 Å². The van der Waals surface area contributed by atoms with Crippen molar-refractivity contribution in [3.63, 3.8) is 0 Å². The van der Waals surface area contributed by atoms with Crippen molar-refractivity contribution in [3.8, 4) is 0 Å². The van der Waals surface area contributed by atoms with Crippen molar-refractivity contribution in [1.82, 2.24) is 10.2 Å². The number of thioether (sulfide) groups is 1. The summed E-state index contributed by atoms with van der Waals surface area (Å²) in [5, 5.41) is 3.55. The number of nitrogens with zero attached hydrogens (tertiary/aromatic N) is 1. The summed E-state index contributed by atoms with van der Waals surface area (Å²) in [4.78, 5) is 2.48. The zero-order valence-electron chi connectivity index (χ0n) is 13.1. The molecule has 114 valence electrons. The molecule has 0 aliphatic carbocycles. The molecule has 0 aromatic heterocycles. The van der Waals surface area contributed by atoms with Gasteiger partial charge in [0.25, 0.3) is 0 Å². The Hall–Kier alpha value is -0.510. The van der Waals surface area contributed by atoms with Gasteiger partial charge in [0.1, 0.15) is 0 Å². The van der Waals surface area contributed by atoms with E-state index in [-0.39, 0.29) is 0 Å². The van der Waals surface area contributed by atoms with Crippen LogP contribution in [-0.4, -0.2) is 43.4 Å². The molecule has 1 aromatic rings. The van der Waals surface area contributed by atoms with Crippen LogP contribution in [0.15, 0.2) is 30.3 Å². The fourth-order valence-corrected chi connectivity index (χ4v) is 3.08. The summed E-state index contributed by atoms with van der Waals surface area (Å²) < 4.78 is 0. The maximum atomic E-state index is 3.55. The summed E-state index contributed by atoms with van der Waals surface area (Å²) in [6.07, 6.45) is 2.53. The Balaban J connectivity index is 1.85. The first-order valence-electron chi connectivity index (χ1n) is 7.91. The van der Waals surface area contributed by atoms with Crippen LogP contribution < -0.4 is 5.32 Å². The first kappa shape index (κ1) is 17.5. The predicted molar refractivity (Wildman–Crippen MR) is 92.5 cm³/mol. The first-order valence-corrected chi connectivity index (χ1v) is 9.07. The monoisotopic (exact) mass is 294 g/mol. The van der Waals surface area contributed by atoms with Gasteiger partial charge in [0.2, 0.25) is 0 Å². The number of hydrogen-bond acceptors (Lipinski definition) is 3. The van der Waals surface area contributed by atoms with Gasteiger partial charge in [-0.25, -0.2) is 0 Å². The molecule has 0 atom stereocenters. The van der Waals surface area contributed by atoms with Crippen LogP contribution in [0.2, 0.25) is 0 Å². The lowest BCUT2D eigenvalue weighted by Gasteiger charge is -2.17. The van der Waals surface area contributed by atoms with Crippen LogP contribution in [0.4, 0.5) is 0 Å². The molecule has 0 spiro atoms. The van der Waals surface area contributed by atoms with Crippen molar-refractivity contribution in [2.45, 2.75) is 32.4 Å². The van der Waals surface area contributed by atoms with Crippen LogP contribution in [0, 0.1) is 0 Å². The summed E-state index contributed by atoms with van der Waals surface area (Å²) in [6.45, 7) is 10.4. The Bertz CT molecular complexity index is 312. The van der Waals surface area contributed by atoms with E-state index in [1.807, 2.05) is 11.8 Å². The second-order valence-corrected chi connectivity index (χ2v) is 6.13. The molecule has 3 heteroatoms. The summed E-state index contributed by atoms with van der Waals surface area (Å²) in [7, 11) is 0. The summed E-state index contributed by atoms with van der Waals surface area (Å²) >= 11 is 2.03. The summed E-state index contributed by atoms with van der Waals surface area (Å²) in [6, 6.07) is 10.7. The largest absolute Gasteiger partial charge is 0.317 e. The lowest BCUT2D eigenvalue weighted by Crippen LogP contribution is -2.27. The van der Waals surface area contributed by atoms with E-state index in [0.717, 1.165) is 18.8 Å². The Morgan fingerprint density at radius 2 is 1.70 bits per heavy atom. The van der Waals surface area contributed by atoms with Crippen molar-refractivity contribution in [2.24, 2.45) is 0 Å². The Kier molecular flexibility index (Phi) is 10.7. The molecule has 1 N–H and O–H groups in total. The first-order chi connectivity index (χ1) is 9.86. The van der Waals surface area contributed by atoms with Crippen LogP contribution in [-0.2, 0) is 5.75 Å². The summed E-state index contributed by atoms with van der Waals surface area (Å²) in [5.41, 5.74) is 1.43. The fourth-order valence-electron chi connectivity index (χ4n) is 2.16. The zero-order valence-corrected chi connectivity index (χ0v) is 13.9. The van der Waals surface area contributed by atoms with Crippen LogP contribution in [0.25, 0.3) is 0 Å². The van der Waals surface area contributed by atoms with E-state index in [1.165, 1.54) is 43.8 Å². The third-order valence-corrected chi connectivity index (χ3v) is 4.59. The third-order valence-electron chi connectivity index (χ3n) is 3.48. The Morgan fingerprint density at radius 3 is 2.40 bits per heavy atom. The normalized spacial score (nSPS) is 11.2. The van der Waals surface area contributed by atoms with Crippen LogP contribution in [0.3, 0.4) is 0 Å². The molecule has 20 heavy (non-hydrogen) atoms. The highest BCUT2D eigenvalue weighted by molar-refractivity contribution is 7.98. The van der Waals surface area contributed by atoms with Crippen LogP contribution in [0.5, 0.6) is 0 Å². The van der Waals surface area contributed by atoms with E-state index >= 15 is 0 Å². The molecular weight excluding hydrogens is 264 g/mol. The van der Waals surface area contributed by atoms with Crippen LogP contribution in [0.1, 0.15) is 32.3 Å². The lowest BCUT2D eigenvalue weighted by molar-refractivity contribution is 0.298. The summed E-state index contributed by atoms with van der Waals surface area (Å²) in [5.74, 6) is 2.39. The third kappa shape index (κ3) is 8.62. The van der Waals surface area contributed by atoms with Crippen molar-refractivity contribution in [2.75, 3.05) is 38.5 Å². The highest BCUT2D eigenvalue weighted by Gasteiger charge is 1.97. The van der Waals surface area contributed by atoms with Gasteiger partial charge in [-0.2, -0.15) is 11.8 Å². The fraction of sp³-hybridized carbons (Fsp3) is 0.647. The van der Waals surface area contributed by atoms with Gasteiger partial charge >= 0.3 is 0 Å². The van der Waals surface area contributed by atoms with E-state index in [0.29, 0.717) is 0 Å². The average molecular weight is 295 g/mol. The van der Waals surface area contributed by atoms with Crippen molar-refractivity contribution >= 4 is 11.8 Å². The van der Waals surface area contributed by atoms with Gasteiger partial charge in [-0.15, -0.1) is 0 Å². The van der Waals surface area contributed by atoms with E-state index in [9.17, 15) is 0 Å². The van der Waals surface area contributed by atoms with Gasteiger partial charge in [0, 0.05) is 5.75 Å². The maximum absolute atomic E-state index is 3.55. The number of nitrogens with one attached hydrogen (secondary N) is 1. The molecule has 0 radical (unpaired) electrons. The molecule has 0 bridgehead atoms. The van der Waals surface area contributed by atoms with Gasteiger partial charge in [0.05, 0.1) is 0 Å². The average Bonchev–Trinajstić information content (AvgIpc) is 2.50. The minimum atomic E-state index is 1.14. The molecule has 0 fully saturated rings. The second-order valence-electron chi connectivity index (χ2n) is 5.02. The molecule has 0 saturated heterocycles. The highest BCUT2D eigenvalue weighted by atomic mass is 32.2. The molecule has 0 aliphatic rings. The predicted octanol–water partition coefficient (Wildman–Crippen LogP) is 3.63. The standard InChI is InChI=1S/C17H30N2S/c1-3-19(4-2)14-8-12-18-13-9-15-20-16-17-10-6-5-7-11-17/h5-7,10-11,18H,3-4,8-9,12-16H2,1-2H3. The molecule has 0 heterocycles. The molecular formula is C17H30N2S. The maximum Gasteiger partial charge on any atom is 0.0184 e. The molecule has 1 aromatic carbocycles. The quantitative estimate of drug-likeness (QED) is 0.593. The molecule has 0 aliphatic heterocycles. The van der Waals surface area contributed by atoms with Crippen molar-refractivity contribution < 1.29 is 0 Å². The molecule has 0 unspecified atom stereocenters. The van der Waals surface area contributed by atoms with E-state index in [4.69, 9.17) is 0 Å². The van der Waals surface area contributed by atoms with E-state index in [1.54, 1.807) is 0 Å². The van der Waals surface area contributed by atoms with Crippen molar-refractivity contribution in [1.29, 1.82) is 0 Å². The molecule has 0 amide bonds. The smallest absolute Gasteiger partial charge is 0.0184 e. The second kappa shape index (κ2) is 12.2. The van der Waals surface area contributed by atoms with E-state index in [2.05, 4.69) is 54.4 Å². The Labute approximate surface area is 129 Å². The van der Waals surface area contributed by atoms with E-state index < -0.39 is 0 Å². The zero-order chi connectivity index (χ0) is 14.5. The molecule has 1 rings (SSSR count). The van der Waals surface area contributed by atoms with Gasteiger partial charge < -0.3 is 10.2 Å². The minimum absolute atomic E-state index is 1.14. The van der Waals surface area contributed by atoms with Gasteiger partial charge in [-0.1, -0.05) is 44.2 Å². The molecule has 0 saturated carbocycles. The number of benzene rings is 1. The number of hydrogen-bond donors (Lipinski definition) is 1. The van der Waals surface area contributed by atoms with Gasteiger partial charge in [-0.05, 0) is 56.9 Å². The van der Waals surface area contributed by atoms with Gasteiger partial charge in [0.15, 0.2) is 0 Å². The van der Waals surface area contributed by atoms with Crippen LogP contribution >= 0.6 is 11.8 Å². The Morgan fingerprint density at radius 1 is 1.00 bits per heavy atom. The molecule has 2 nitrogen and oxygen atoms in total. The lowest BCUT2D eigenvalue weighted by atomic mass is 10.2. The highest BCUT2D eigenvalue weighted by Crippen LogP contribution is 2.12. The minimum Gasteiger partial charge on any atom is -0.317 e. The number of rotatable bonds is 12.